The minimum absolute atomic E-state index is 0.0252. The number of hydrogen-bond donors (Lipinski definition) is 0. The molecule has 0 radical (unpaired) electrons. The normalized spacial score (nSPS) is 16.4. The van der Waals surface area contributed by atoms with Gasteiger partial charge < -0.3 is 4.90 Å². The molecule has 76 valence electrons. The first kappa shape index (κ1) is 9.18. The minimum atomic E-state index is -0.0252. The molecule has 0 aliphatic heterocycles. The van der Waals surface area contributed by atoms with Gasteiger partial charge in [-0.3, -0.25) is 9.48 Å². The molecule has 0 atom stereocenters. The van der Waals surface area contributed by atoms with Crippen LogP contribution in [0.2, 0.25) is 0 Å². The van der Waals surface area contributed by atoms with Crippen molar-refractivity contribution in [1.29, 1.82) is 0 Å². The Kier molecular flexibility index (Phi) is 2.23. The van der Waals surface area contributed by atoms with E-state index in [1.165, 1.54) is 6.42 Å². The number of aryl methyl sites for hydroxylation is 1. The van der Waals surface area contributed by atoms with Crippen molar-refractivity contribution in [1.82, 2.24) is 19.9 Å². The Labute approximate surface area is 82.7 Å². The Morgan fingerprint density at radius 3 is 2.79 bits per heavy atom. The summed E-state index contributed by atoms with van der Waals surface area (Å²) in [4.78, 5) is 13.6. The molecule has 14 heavy (non-hydrogen) atoms. The maximum Gasteiger partial charge on any atom is 0.276 e. The van der Waals surface area contributed by atoms with Crippen LogP contribution in [0, 0.1) is 0 Å². The molecular formula is C9H14N4O. The quantitative estimate of drug-likeness (QED) is 0.686. The summed E-state index contributed by atoms with van der Waals surface area (Å²) in [5.74, 6) is -0.0252. The molecule has 0 aromatic carbocycles. The van der Waals surface area contributed by atoms with E-state index in [2.05, 4.69) is 10.3 Å². The lowest BCUT2D eigenvalue weighted by atomic mass is 9.92. The second kappa shape index (κ2) is 3.40. The topological polar surface area (TPSA) is 51.0 Å². The van der Waals surface area contributed by atoms with E-state index >= 15 is 0 Å². The van der Waals surface area contributed by atoms with Gasteiger partial charge in [0.25, 0.3) is 5.91 Å². The molecule has 5 nitrogen and oxygen atoms in total. The molecule has 1 amide bonds. The van der Waals surface area contributed by atoms with Gasteiger partial charge in [0, 0.05) is 20.1 Å². The third kappa shape index (κ3) is 1.49. The Morgan fingerprint density at radius 1 is 1.64 bits per heavy atom. The molecule has 2 rings (SSSR count). The predicted molar refractivity (Wildman–Crippen MR) is 50.7 cm³/mol. The van der Waals surface area contributed by atoms with Crippen LogP contribution >= 0.6 is 0 Å². The molecule has 0 unspecified atom stereocenters. The predicted octanol–water partition coefficient (Wildman–Crippen LogP) is 0.440. The van der Waals surface area contributed by atoms with Crippen LogP contribution in [0.4, 0.5) is 0 Å². The number of carbonyl (C=O) groups excluding carboxylic acids is 1. The van der Waals surface area contributed by atoms with E-state index in [-0.39, 0.29) is 5.91 Å². The second-order valence-corrected chi connectivity index (χ2v) is 3.78. The lowest BCUT2D eigenvalue weighted by Gasteiger charge is -2.34. The van der Waals surface area contributed by atoms with Crippen LogP contribution < -0.4 is 0 Å². The van der Waals surface area contributed by atoms with Crippen molar-refractivity contribution < 1.29 is 4.79 Å². The standard InChI is InChI=1S/C9H14N4O/c1-12-6-8(10-11-12)9(14)13(2)7-4-3-5-7/h6-7H,3-5H2,1-2H3. The van der Waals surface area contributed by atoms with Crippen molar-refractivity contribution in [2.45, 2.75) is 25.3 Å². The van der Waals surface area contributed by atoms with Crippen molar-refractivity contribution in [2.75, 3.05) is 7.05 Å². The zero-order valence-electron chi connectivity index (χ0n) is 8.47. The largest absolute Gasteiger partial charge is 0.337 e. The van der Waals surface area contributed by atoms with E-state index in [1.54, 1.807) is 22.8 Å². The van der Waals surface area contributed by atoms with E-state index in [1.807, 2.05) is 7.05 Å². The van der Waals surface area contributed by atoms with Gasteiger partial charge in [-0.2, -0.15) is 0 Å². The highest BCUT2D eigenvalue weighted by Crippen LogP contribution is 2.24. The minimum Gasteiger partial charge on any atom is -0.337 e. The number of amides is 1. The SMILES string of the molecule is CN(C(=O)c1cn(C)nn1)C1CCC1. The zero-order chi connectivity index (χ0) is 10.1. The van der Waals surface area contributed by atoms with Crippen LogP contribution in [0.25, 0.3) is 0 Å². The van der Waals surface area contributed by atoms with Crippen LogP contribution in [0.3, 0.4) is 0 Å². The lowest BCUT2D eigenvalue weighted by molar-refractivity contribution is 0.0646. The Morgan fingerprint density at radius 2 is 2.36 bits per heavy atom. The fourth-order valence-corrected chi connectivity index (χ4v) is 1.57. The third-order valence-corrected chi connectivity index (χ3v) is 2.76. The molecule has 0 saturated heterocycles. The van der Waals surface area contributed by atoms with Gasteiger partial charge in [0.05, 0.1) is 6.20 Å². The average molecular weight is 194 g/mol. The smallest absolute Gasteiger partial charge is 0.276 e. The Bertz CT molecular complexity index is 342. The molecule has 1 aliphatic rings. The highest BCUT2D eigenvalue weighted by molar-refractivity contribution is 5.92. The summed E-state index contributed by atoms with van der Waals surface area (Å²) in [5.41, 5.74) is 0.432. The average Bonchev–Trinajstić information content (AvgIpc) is 2.47. The van der Waals surface area contributed by atoms with Crippen LogP contribution in [0.1, 0.15) is 29.8 Å². The summed E-state index contributed by atoms with van der Waals surface area (Å²) in [5, 5.41) is 7.54. The van der Waals surface area contributed by atoms with Crippen LogP contribution in [-0.4, -0.2) is 38.9 Å². The molecule has 0 bridgehead atoms. The molecular weight excluding hydrogens is 180 g/mol. The summed E-state index contributed by atoms with van der Waals surface area (Å²) in [6, 6.07) is 0.407. The van der Waals surface area contributed by atoms with Gasteiger partial charge in [-0.05, 0) is 19.3 Å². The van der Waals surface area contributed by atoms with E-state index in [0.29, 0.717) is 11.7 Å². The van der Waals surface area contributed by atoms with Gasteiger partial charge >= 0.3 is 0 Å². The molecule has 1 aromatic rings. The molecule has 1 aromatic heterocycles. The van der Waals surface area contributed by atoms with Crippen LogP contribution in [0.15, 0.2) is 6.20 Å². The highest BCUT2D eigenvalue weighted by atomic mass is 16.2. The van der Waals surface area contributed by atoms with Gasteiger partial charge in [0.2, 0.25) is 0 Å². The van der Waals surface area contributed by atoms with Crippen molar-refractivity contribution in [3.63, 3.8) is 0 Å². The van der Waals surface area contributed by atoms with Crippen molar-refractivity contribution in [3.8, 4) is 0 Å². The van der Waals surface area contributed by atoms with Gasteiger partial charge in [0.1, 0.15) is 0 Å². The summed E-state index contributed by atoms with van der Waals surface area (Å²) in [6.07, 6.45) is 5.10. The van der Waals surface area contributed by atoms with Crippen molar-refractivity contribution in [3.05, 3.63) is 11.9 Å². The van der Waals surface area contributed by atoms with E-state index in [9.17, 15) is 4.79 Å². The molecule has 0 spiro atoms. The fourth-order valence-electron chi connectivity index (χ4n) is 1.57. The monoisotopic (exact) mass is 194 g/mol. The maximum absolute atomic E-state index is 11.8. The molecule has 5 heteroatoms. The van der Waals surface area contributed by atoms with E-state index in [4.69, 9.17) is 0 Å². The molecule has 1 fully saturated rings. The van der Waals surface area contributed by atoms with E-state index in [0.717, 1.165) is 12.8 Å². The maximum atomic E-state index is 11.8. The van der Waals surface area contributed by atoms with Gasteiger partial charge in [-0.1, -0.05) is 5.21 Å². The Balaban J connectivity index is 2.07. The van der Waals surface area contributed by atoms with E-state index < -0.39 is 0 Å². The third-order valence-electron chi connectivity index (χ3n) is 2.76. The number of nitrogens with zero attached hydrogens (tertiary/aromatic N) is 4. The summed E-state index contributed by atoms with van der Waals surface area (Å²) in [7, 11) is 3.59. The number of rotatable bonds is 2. The number of hydrogen-bond acceptors (Lipinski definition) is 3. The van der Waals surface area contributed by atoms with Crippen molar-refractivity contribution >= 4 is 5.91 Å². The summed E-state index contributed by atoms with van der Waals surface area (Å²) < 4.78 is 1.54. The molecule has 1 aliphatic carbocycles. The second-order valence-electron chi connectivity index (χ2n) is 3.78. The molecule has 1 heterocycles. The number of aromatic nitrogens is 3. The first-order chi connectivity index (χ1) is 6.68. The van der Waals surface area contributed by atoms with Crippen molar-refractivity contribution in [2.24, 2.45) is 7.05 Å². The van der Waals surface area contributed by atoms with Crippen LogP contribution in [-0.2, 0) is 7.05 Å². The zero-order valence-corrected chi connectivity index (χ0v) is 8.47. The van der Waals surface area contributed by atoms with Gasteiger partial charge in [0.15, 0.2) is 5.69 Å². The van der Waals surface area contributed by atoms with Crippen LogP contribution in [0.5, 0.6) is 0 Å². The highest BCUT2D eigenvalue weighted by Gasteiger charge is 2.27. The molecule has 0 N–H and O–H groups in total. The first-order valence-electron chi connectivity index (χ1n) is 4.82. The fraction of sp³-hybridized carbons (Fsp3) is 0.667. The number of carbonyl (C=O) groups is 1. The first-order valence-corrected chi connectivity index (χ1v) is 4.82. The van der Waals surface area contributed by atoms with Gasteiger partial charge in [-0.15, -0.1) is 5.10 Å². The summed E-state index contributed by atoms with van der Waals surface area (Å²) >= 11 is 0. The molecule has 1 saturated carbocycles. The summed E-state index contributed by atoms with van der Waals surface area (Å²) in [6.45, 7) is 0. The lowest BCUT2D eigenvalue weighted by Crippen LogP contribution is -2.41. The Hall–Kier alpha value is -1.39. The van der Waals surface area contributed by atoms with Gasteiger partial charge in [-0.25, -0.2) is 0 Å².